The van der Waals surface area contributed by atoms with Crippen LogP contribution in [-0.2, 0) is 19.4 Å². The lowest BCUT2D eigenvalue weighted by Gasteiger charge is -2.09. The predicted molar refractivity (Wildman–Crippen MR) is 72.2 cm³/mol. The van der Waals surface area contributed by atoms with Gasteiger partial charge in [-0.25, -0.2) is 8.42 Å². The van der Waals surface area contributed by atoms with Crippen LogP contribution in [0, 0.1) is 18.8 Å². The molecule has 0 aromatic heterocycles. The number of nitrogens with one attached hydrogen (secondary N) is 1. The summed E-state index contributed by atoms with van der Waals surface area (Å²) < 4.78 is 23.0. The highest BCUT2D eigenvalue weighted by Crippen LogP contribution is 2.39. The number of anilines is 1. The smallest absolute Gasteiger partial charge is 0.307 e. The third-order valence-electron chi connectivity index (χ3n) is 3.34. The van der Waals surface area contributed by atoms with E-state index in [1.54, 1.807) is 13.0 Å². The van der Waals surface area contributed by atoms with Gasteiger partial charge >= 0.3 is 5.97 Å². The monoisotopic (exact) mass is 297 g/mol. The minimum absolute atomic E-state index is 0.115. The van der Waals surface area contributed by atoms with Gasteiger partial charge in [0, 0.05) is 11.9 Å². The molecule has 1 aromatic carbocycles. The second-order valence-electron chi connectivity index (χ2n) is 5.03. The third-order valence-corrected chi connectivity index (χ3v) is 4.45. The maximum Gasteiger partial charge on any atom is 0.307 e. The molecular weight excluding hydrogens is 282 g/mol. The van der Waals surface area contributed by atoms with Crippen molar-refractivity contribution >= 4 is 27.4 Å². The van der Waals surface area contributed by atoms with Crippen LogP contribution in [0.25, 0.3) is 0 Å². The van der Waals surface area contributed by atoms with Crippen molar-refractivity contribution in [2.24, 2.45) is 11.8 Å². The number of aryl methyl sites for hydroxylation is 1. The lowest BCUT2D eigenvalue weighted by atomic mass is 10.2. The molecule has 2 rings (SSSR count). The molecule has 108 valence electrons. The molecule has 2 N–H and O–H groups in total. The van der Waals surface area contributed by atoms with Gasteiger partial charge in [-0.1, -0.05) is 6.07 Å². The van der Waals surface area contributed by atoms with Crippen molar-refractivity contribution in [3.05, 3.63) is 23.8 Å². The number of aliphatic carboxylic acids is 1. The Morgan fingerprint density at radius 3 is 2.45 bits per heavy atom. The first kappa shape index (κ1) is 14.5. The van der Waals surface area contributed by atoms with Crippen LogP contribution in [0.15, 0.2) is 23.1 Å². The van der Waals surface area contributed by atoms with Crippen molar-refractivity contribution < 1.29 is 23.1 Å². The number of amides is 1. The van der Waals surface area contributed by atoms with E-state index in [1.165, 1.54) is 12.1 Å². The second kappa shape index (κ2) is 4.90. The highest BCUT2D eigenvalue weighted by molar-refractivity contribution is 7.90. The zero-order valence-electron chi connectivity index (χ0n) is 11.1. The molecule has 1 amide bonds. The molecule has 1 aliphatic carbocycles. The van der Waals surface area contributed by atoms with Crippen LogP contribution in [0.1, 0.15) is 12.0 Å². The van der Waals surface area contributed by atoms with Crippen LogP contribution >= 0.6 is 0 Å². The van der Waals surface area contributed by atoms with Crippen LogP contribution in [0.2, 0.25) is 0 Å². The molecule has 6 nitrogen and oxygen atoms in total. The van der Waals surface area contributed by atoms with E-state index in [9.17, 15) is 18.0 Å². The Labute approximate surface area is 116 Å². The highest BCUT2D eigenvalue weighted by atomic mass is 32.2. The Kier molecular flexibility index (Phi) is 3.56. The number of benzene rings is 1. The van der Waals surface area contributed by atoms with Gasteiger partial charge in [-0.2, -0.15) is 0 Å². The summed E-state index contributed by atoms with van der Waals surface area (Å²) in [6, 6.07) is 4.46. The average Bonchev–Trinajstić information content (AvgIpc) is 3.10. The van der Waals surface area contributed by atoms with E-state index >= 15 is 0 Å². The predicted octanol–water partition coefficient (Wildman–Crippen LogP) is 1.06. The summed E-state index contributed by atoms with van der Waals surface area (Å²) in [6.07, 6.45) is 1.41. The minimum Gasteiger partial charge on any atom is -0.481 e. The van der Waals surface area contributed by atoms with Gasteiger partial charge in [0.2, 0.25) is 5.91 Å². The van der Waals surface area contributed by atoms with Crippen molar-refractivity contribution in [3.8, 4) is 0 Å². The van der Waals surface area contributed by atoms with Gasteiger partial charge in [0.25, 0.3) is 0 Å². The van der Waals surface area contributed by atoms with E-state index in [4.69, 9.17) is 5.11 Å². The fraction of sp³-hybridized carbons (Fsp3) is 0.385. The first-order valence-corrected chi connectivity index (χ1v) is 7.93. The first-order chi connectivity index (χ1) is 9.20. The number of carbonyl (C=O) groups is 2. The van der Waals surface area contributed by atoms with Crippen LogP contribution in [0.3, 0.4) is 0 Å². The van der Waals surface area contributed by atoms with Crippen LogP contribution in [0.5, 0.6) is 0 Å². The number of carboxylic acids is 1. The largest absolute Gasteiger partial charge is 0.481 e. The van der Waals surface area contributed by atoms with Gasteiger partial charge in [-0.3, -0.25) is 9.59 Å². The molecule has 0 radical (unpaired) electrons. The van der Waals surface area contributed by atoms with E-state index in [2.05, 4.69) is 5.32 Å². The standard InChI is InChI=1S/C13H15NO5S/c1-7-3-4-8(20(2,18)19)5-11(7)14-12(15)9-6-10(9)13(16)17/h3-5,9-10H,6H2,1-2H3,(H,14,15)(H,16,17)/t9-,10+/m1/s1. The second-order valence-corrected chi connectivity index (χ2v) is 7.04. The summed E-state index contributed by atoms with van der Waals surface area (Å²) >= 11 is 0. The summed E-state index contributed by atoms with van der Waals surface area (Å²) in [6.45, 7) is 1.74. The molecule has 0 heterocycles. The maximum absolute atomic E-state index is 11.9. The average molecular weight is 297 g/mol. The maximum atomic E-state index is 11.9. The summed E-state index contributed by atoms with van der Waals surface area (Å²) in [7, 11) is -3.35. The van der Waals surface area contributed by atoms with Gasteiger partial charge in [0.1, 0.15) is 0 Å². The number of rotatable bonds is 4. The van der Waals surface area contributed by atoms with E-state index in [-0.39, 0.29) is 10.8 Å². The number of hydrogen-bond acceptors (Lipinski definition) is 4. The van der Waals surface area contributed by atoms with Gasteiger partial charge in [-0.15, -0.1) is 0 Å². The molecular formula is C13H15NO5S. The van der Waals surface area contributed by atoms with Crippen molar-refractivity contribution in [2.75, 3.05) is 11.6 Å². The number of carboxylic acid groups (broad SMARTS) is 1. The fourth-order valence-electron chi connectivity index (χ4n) is 1.95. The molecule has 1 fully saturated rings. The lowest BCUT2D eigenvalue weighted by molar-refractivity contribution is -0.139. The molecule has 1 aromatic rings. The van der Waals surface area contributed by atoms with Crippen molar-refractivity contribution in [2.45, 2.75) is 18.2 Å². The molecule has 1 aliphatic rings. The highest BCUT2D eigenvalue weighted by Gasteiger charge is 2.48. The summed E-state index contributed by atoms with van der Waals surface area (Å²) in [5.74, 6) is -2.53. The Morgan fingerprint density at radius 1 is 1.30 bits per heavy atom. The van der Waals surface area contributed by atoms with Gasteiger partial charge in [-0.05, 0) is 31.0 Å². The first-order valence-electron chi connectivity index (χ1n) is 6.04. The van der Waals surface area contributed by atoms with Crippen molar-refractivity contribution in [1.29, 1.82) is 0 Å². The molecule has 0 spiro atoms. The SMILES string of the molecule is Cc1ccc(S(C)(=O)=O)cc1NC(=O)[C@@H]1C[C@@H]1C(=O)O. The van der Waals surface area contributed by atoms with Crippen LogP contribution in [-0.4, -0.2) is 31.7 Å². The fourth-order valence-corrected chi connectivity index (χ4v) is 2.60. The third kappa shape index (κ3) is 2.98. The van der Waals surface area contributed by atoms with Crippen molar-refractivity contribution in [1.82, 2.24) is 0 Å². The zero-order chi connectivity index (χ0) is 15.1. The summed E-state index contributed by atoms with van der Waals surface area (Å²) in [5.41, 5.74) is 1.12. The van der Waals surface area contributed by atoms with Crippen LogP contribution < -0.4 is 5.32 Å². The molecule has 1 saturated carbocycles. The Bertz CT molecular complexity index is 680. The molecule has 0 aliphatic heterocycles. The van der Waals surface area contributed by atoms with Gasteiger partial charge in [0.15, 0.2) is 9.84 Å². The number of carbonyl (C=O) groups excluding carboxylic acids is 1. The molecule has 0 saturated heterocycles. The molecule has 0 unspecified atom stereocenters. The quantitative estimate of drug-likeness (QED) is 0.865. The molecule has 0 bridgehead atoms. The van der Waals surface area contributed by atoms with Gasteiger partial charge in [0.05, 0.1) is 16.7 Å². The van der Waals surface area contributed by atoms with E-state index in [0.717, 1.165) is 11.8 Å². The van der Waals surface area contributed by atoms with E-state index in [0.29, 0.717) is 12.1 Å². The lowest BCUT2D eigenvalue weighted by Crippen LogP contribution is -2.17. The molecule has 20 heavy (non-hydrogen) atoms. The topological polar surface area (TPSA) is 101 Å². The Balaban J connectivity index is 2.18. The van der Waals surface area contributed by atoms with Crippen molar-refractivity contribution in [3.63, 3.8) is 0 Å². The normalized spacial score (nSPS) is 21.3. The number of sulfone groups is 1. The summed E-state index contributed by atoms with van der Waals surface area (Å²) in [4.78, 5) is 22.7. The number of hydrogen-bond donors (Lipinski definition) is 2. The Morgan fingerprint density at radius 2 is 1.95 bits per heavy atom. The zero-order valence-corrected chi connectivity index (χ0v) is 11.9. The summed E-state index contributed by atoms with van der Waals surface area (Å²) in [5, 5.41) is 11.4. The minimum atomic E-state index is -3.35. The van der Waals surface area contributed by atoms with Crippen LogP contribution in [0.4, 0.5) is 5.69 Å². The van der Waals surface area contributed by atoms with E-state index < -0.39 is 27.6 Å². The van der Waals surface area contributed by atoms with E-state index in [1.807, 2.05) is 0 Å². The van der Waals surface area contributed by atoms with Gasteiger partial charge < -0.3 is 10.4 Å². The Hall–Kier alpha value is -1.89. The molecule has 2 atom stereocenters. The molecule has 7 heteroatoms.